The van der Waals surface area contributed by atoms with Crippen LogP contribution in [0.15, 0.2) is 0 Å². The van der Waals surface area contributed by atoms with Crippen molar-refractivity contribution in [3.8, 4) is 0 Å². The van der Waals surface area contributed by atoms with Gasteiger partial charge in [0.05, 0.1) is 0 Å². The summed E-state index contributed by atoms with van der Waals surface area (Å²) in [6.07, 6.45) is 0.588. The third kappa shape index (κ3) is 4.21. The van der Waals surface area contributed by atoms with Crippen LogP contribution in [-0.2, 0) is 9.59 Å². The summed E-state index contributed by atoms with van der Waals surface area (Å²) in [7, 11) is 0. The highest BCUT2D eigenvalue weighted by Gasteiger charge is 2.39. The summed E-state index contributed by atoms with van der Waals surface area (Å²) in [5.41, 5.74) is 0. The molecule has 0 unspecified atom stereocenters. The molecule has 0 aliphatic carbocycles. The molecule has 0 radical (unpaired) electrons. The Morgan fingerprint density at radius 3 is 2.35 bits per heavy atom. The van der Waals surface area contributed by atoms with Gasteiger partial charge in [0.25, 0.3) is 5.91 Å². The molecule has 2 atom stereocenters. The Hall–Kier alpha value is -1.59. The van der Waals surface area contributed by atoms with Crippen molar-refractivity contribution in [1.29, 1.82) is 0 Å². The fraction of sp³-hybridized carbons (Fsp3) is 0.786. The van der Waals surface area contributed by atoms with Crippen molar-refractivity contribution < 1.29 is 14.4 Å². The summed E-state index contributed by atoms with van der Waals surface area (Å²) in [6.45, 7) is 9.65. The van der Waals surface area contributed by atoms with Crippen LogP contribution in [0.1, 0.15) is 41.0 Å². The van der Waals surface area contributed by atoms with E-state index in [4.69, 9.17) is 0 Å². The second kappa shape index (κ2) is 6.72. The van der Waals surface area contributed by atoms with E-state index in [1.807, 2.05) is 34.6 Å². The SMILES string of the molecule is CC(C)C[C@@H]1NC(=O)N(CC(=O)N[C@@H](C)C(C)C)C1=O. The first-order chi connectivity index (χ1) is 9.22. The minimum atomic E-state index is -0.502. The largest absolute Gasteiger partial charge is 0.352 e. The number of urea groups is 1. The maximum absolute atomic E-state index is 12.1. The molecule has 0 aromatic heterocycles. The minimum Gasteiger partial charge on any atom is -0.352 e. The van der Waals surface area contributed by atoms with Gasteiger partial charge in [-0.2, -0.15) is 0 Å². The lowest BCUT2D eigenvalue weighted by Crippen LogP contribution is -2.45. The van der Waals surface area contributed by atoms with Crippen molar-refractivity contribution in [2.24, 2.45) is 11.8 Å². The Labute approximate surface area is 120 Å². The lowest BCUT2D eigenvalue weighted by molar-refractivity contribution is -0.132. The van der Waals surface area contributed by atoms with Gasteiger partial charge in [-0.3, -0.25) is 14.5 Å². The van der Waals surface area contributed by atoms with Crippen molar-refractivity contribution in [3.05, 3.63) is 0 Å². The zero-order valence-corrected chi connectivity index (χ0v) is 12.9. The van der Waals surface area contributed by atoms with Gasteiger partial charge in [-0.1, -0.05) is 27.7 Å². The van der Waals surface area contributed by atoms with E-state index < -0.39 is 12.1 Å². The smallest absolute Gasteiger partial charge is 0.325 e. The standard InChI is InChI=1S/C14H25N3O3/c1-8(2)6-11-13(19)17(14(20)16-11)7-12(18)15-10(5)9(3)4/h8-11H,6-7H2,1-5H3,(H,15,18)(H,16,20)/t10-,11-/m0/s1. The van der Waals surface area contributed by atoms with Crippen LogP contribution < -0.4 is 10.6 Å². The molecular formula is C14H25N3O3. The molecule has 1 heterocycles. The number of imide groups is 1. The number of amides is 4. The van der Waals surface area contributed by atoms with Crippen LogP contribution in [0.3, 0.4) is 0 Å². The first kappa shape index (κ1) is 16.5. The molecule has 6 nitrogen and oxygen atoms in total. The predicted octanol–water partition coefficient (Wildman–Crippen LogP) is 1.11. The number of nitrogens with zero attached hydrogens (tertiary/aromatic N) is 1. The average molecular weight is 283 g/mol. The molecule has 20 heavy (non-hydrogen) atoms. The predicted molar refractivity (Wildman–Crippen MR) is 75.9 cm³/mol. The van der Waals surface area contributed by atoms with Gasteiger partial charge in [0, 0.05) is 6.04 Å². The van der Waals surface area contributed by atoms with Crippen molar-refractivity contribution in [2.75, 3.05) is 6.54 Å². The summed E-state index contributed by atoms with van der Waals surface area (Å²) < 4.78 is 0. The van der Waals surface area contributed by atoms with E-state index in [0.717, 1.165) is 4.90 Å². The van der Waals surface area contributed by atoms with Crippen molar-refractivity contribution in [2.45, 2.75) is 53.1 Å². The van der Waals surface area contributed by atoms with Crippen LogP contribution in [-0.4, -0.2) is 41.4 Å². The quantitative estimate of drug-likeness (QED) is 0.717. The molecule has 1 aliphatic rings. The summed E-state index contributed by atoms with van der Waals surface area (Å²) in [4.78, 5) is 36.7. The number of hydrogen-bond acceptors (Lipinski definition) is 3. The summed E-state index contributed by atoms with van der Waals surface area (Å²) >= 11 is 0. The average Bonchev–Trinajstić information content (AvgIpc) is 2.56. The number of hydrogen-bond donors (Lipinski definition) is 2. The Balaban J connectivity index is 2.57. The first-order valence-electron chi connectivity index (χ1n) is 7.13. The molecule has 0 bridgehead atoms. The molecule has 2 N–H and O–H groups in total. The van der Waals surface area contributed by atoms with Crippen molar-refractivity contribution >= 4 is 17.8 Å². The Morgan fingerprint density at radius 2 is 1.85 bits per heavy atom. The summed E-state index contributed by atoms with van der Waals surface area (Å²) in [5.74, 6) is -0.00863. The van der Waals surface area contributed by atoms with Crippen LogP contribution in [0.2, 0.25) is 0 Å². The molecule has 0 aromatic carbocycles. The number of nitrogens with one attached hydrogen (secondary N) is 2. The third-order valence-corrected chi connectivity index (χ3v) is 3.50. The monoisotopic (exact) mass is 283 g/mol. The Morgan fingerprint density at radius 1 is 1.25 bits per heavy atom. The fourth-order valence-electron chi connectivity index (χ4n) is 1.97. The zero-order valence-electron chi connectivity index (χ0n) is 12.9. The van der Waals surface area contributed by atoms with Crippen LogP contribution in [0, 0.1) is 11.8 Å². The second-order valence-electron chi connectivity index (χ2n) is 6.16. The molecule has 0 spiro atoms. The molecule has 0 saturated carbocycles. The number of carbonyl (C=O) groups is 3. The van der Waals surface area contributed by atoms with Gasteiger partial charge in [-0.25, -0.2) is 4.79 Å². The van der Waals surface area contributed by atoms with Gasteiger partial charge >= 0.3 is 6.03 Å². The second-order valence-corrected chi connectivity index (χ2v) is 6.16. The van der Waals surface area contributed by atoms with Crippen LogP contribution in [0.5, 0.6) is 0 Å². The van der Waals surface area contributed by atoms with Crippen LogP contribution >= 0.6 is 0 Å². The van der Waals surface area contributed by atoms with Gasteiger partial charge in [0.2, 0.25) is 5.91 Å². The molecule has 114 valence electrons. The normalized spacial score (nSPS) is 20.6. The molecule has 1 rings (SSSR count). The van der Waals surface area contributed by atoms with E-state index in [2.05, 4.69) is 10.6 Å². The van der Waals surface area contributed by atoms with Crippen molar-refractivity contribution in [3.63, 3.8) is 0 Å². The number of carbonyl (C=O) groups excluding carboxylic acids is 3. The molecule has 1 aliphatic heterocycles. The van der Waals surface area contributed by atoms with E-state index in [1.165, 1.54) is 0 Å². The zero-order chi connectivity index (χ0) is 15.4. The maximum atomic E-state index is 12.1. The van der Waals surface area contributed by atoms with Gasteiger partial charge in [-0.15, -0.1) is 0 Å². The maximum Gasteiger partial charge on any atom is 0.325 e. The molecule has 0 aromatic rings. The molecule has 4 amide bonds. The van der Waals surface area contributed by atoms with Gasteiger partial charge < -0.3 is 10.6 Å². The van der Waals surface area contributed by atoms with Crippen LogP contribution in [0.25, 0.3) is 0 Å². The topological polar surface area (TPSA) is 78.5 Å². The lowest BCUT2D eigenvalue weighted by Gasteiger charge is -2.19. The molecule has 1 fully saturated rings. The molecular weight excluding hydrogens is 258 g/mol. The number of rotatable bonds is 6. The van der Waals surface area contributed by atoms with E-state index in [-0.39, 0.29) is 24.4 Å². The highest BCUT2D eigenvalue weighted by atomic mass is 16.2. The molecule has 6 heteroatoms. The first-order valence-corrected chi connectivity index (χ1v) is 7.13. The van der Waals surface area contributed by atoms with Crippen molar-refractivity contribution in [1.82, 2.24) is 15.5 Å². The Bertz CT molecular complexity index is 393. The van der Waals surface area contributed by atoms with E-state index in [9.17, 15) is 14.4 Å². The third-order valence-electron chi connectivity index (χ3n) is 3.50. The lowest BCUT2D eigenvalue weighted by atomic mass is 10.0. The molecule has 1 saturated heterocycles. The Kier molecular flexibility index (Phi) is 5.53. The summed E-state index contributed by atoms with van der Waals surface area (Å²) in [5, 5.41) is 5.41. The van der Waals surface area contributed by atoms with Gasteiger partial charge in [0.1, 0.15) is 12.6 Å². The van der Waals surface area contributed by atoms with E-state index >= 15 is 0 Å². The van der Waals surface area contributed by atoms with E-state index in [0.29, 0.717) is 18.3 Å². The summed E-state index contributed by atoms with van der Waals surface area (Å²) in [6, 6.07) is -0.972. The minimum absolute atomic E-state index is 0.00901. The van der Waals surface area contributed by atoms with Crippen LogP contribution in [0.4, 0.5) is 4.79 Å². The van der Waals surface area contributed by atoms with Gasteiger partial charge in [-0.05, 0) is 25.2 Å². The fourth-order valence-corrected chi connectivity index (χ4v) is 1.97. The van der Waals surface area contributed by atoms with Gasteiger partial charge in [0.15, 0.2) is 0 Å². The van der Waals surface area contributed by atoms with E-state index in [1.54, 1.807) is 0 Å². The highest BCUT2D eigenvalue weighted by Crippen LogP contribution is 2.14. The highest BCUT2D eigenvalue weighted by molar-refractivity contribution is 6.06.